The van der Waals surface area contributed by atoms with Crippen molar-refractivity contribution in [2.24, 2.45) is 5.41 Å². The SMILES string of the molecule is CC(C)(C)C(NC(=O)c1nn(-c2cc(Cl)ccc2F)c2c1COCC2)C(=O)N1CCCC1CO. The number of amides is 2. The first kappa shape index (κ1) is 24.6. The number of hydrogen-bond acceptors (Lipinski definition) is 5. The summed E-state index contributed by atoms with van der Waals surface area (Å²) >= 11 is 6.09. The highest BCUT2D eigenvalue weighted by atomic mass is 35.5. The summed E-state index contributed by atoms with van der Waals surface area (Å²) in [4.78, 5) is 28.5. The molecule has 1 aromatic heterocycles. The van der Waals surface area contributed by atoms with E-state index in [1.807, 2.05) is 20.8 Å². The topological polar surface area (TPSA) is 96.7 Å². The molecule has 2 aromatic rings. The Balaban J connectivity index is 1.68. The largest absolute Gasteiger partial charge is 0.394 e. The summed E-state index contributed by atoms with van der Waals surface area (Å²) in [7, 11) is 0. The van der Waals surface area contributed by atoms with Gasteiger partial charge in [0.25, 0.3) is 5.91 Å². The van der Waals surface area contributed by atoms with E-state index in [1.165, 1.54) is 22.9 Å². The van der Waals surface area contributed by atoms with Gasteiger partial charge in [0, 0.05) is 23.6 Å². The highest BCUT2D eigenvalue weighted by Crippen LogP contribution is 2.29. The first-order chi connectivity index (χ1) is 16.1. The lowest BCUT2D eigenvalue weighted by Gasteiger charge is -2.35. The number of carbonyl (C=O) groups excluding carboxylic acids is 2. The number of aliphatic hydroxyl groups is 1. The minimum Gasteiger partial charge on any atom is -0.394 e. The second kappa shape index (κ2) is 9.64. The second-order valence-corrected chi connectivity index (χ2v) is 10.3. The van der Waals surface area contributed by atoms with E-state index < -0.39 is 23.2 Å². The van der Waals surface area contributed by atoms with Gasteiger partial charge in [0.1, 0.15) is 17.5 Å². The Hall–Kier alpha value is -2.49. The standard InChI is InChI=1S/C24H30ClFN4O4/c1-24(2,3)21(23(33)29-9-4-5-15(29)12-31)27-22(32)20-16-13-34-10-8-18(16)30(28-20)19-11-14(25)6-7-17(19)26/h6-7,11,15,21,31H,4-5,8-10,12-13H2,1-3H3,(H,27,32). The van der Waals surface area contributed by atoms with Crippen LogP contribution < -0.4 is 5.32 Å². The fourth-order valence-corrected chi connectivity index (χ4v) is 4.76. The van der Waals surface area contributed by atoms with Crippen molar-refractivity contribution in [2.45, 2.75) is 58.7 Å². The number of nitrogens with zero attached hydrogens (tertiary/aromatic N) is 3. The summed E-state index contributed by atoms with van der Waals surface area (Å²) < 4.78 is 21.6. The third kappa shape index (κ3) is 4.69. The molecule has 0 aliphatic carbocycles. The second-order valence-electron chi connectivity index (χ2n) is 9.87. The summed E-state index contributed by atoms with van der Waals surface area (Å²) in [5.74, 6) is -1.28. The molecule has 4 rings (SSSR count). The molecule has 1 aromatic carbocycles. The van der Waals surface area contributed by atoms with Crippen LogP contribution in [0.5, 0.6) is 0 Å². The Morgan fingerprint density at radius 2 is 2.15 bits per heavy atom. The molecule has 2 atom stereocenters. The number of rotatable bonds is 5. The molecule has 0 radical (unpaired) electrons. The number of likely N-dealkylation sites (tertiary alicyclic amines) is 1. The van der Waals surface area contributed by atoms with Crippen molar-refractivity contribution in [2.75, 3.05) is 19.8 Å². The predicted octanol–water partition coefficient (Wildman–Crippen LogP) is 2.87. The van der Waals surface area contributed by atoms with Gasteiger partial charge in [-0.25, -0.2) is 9.07 Å². The third-order valence-corrected chi connectivity index (χ3v) is 6.67. The zero-order valence-electron chi connectivity index (χ0n) is 19.6. The highest BCUT2D eigenvalue weighted by molar-refractivity contribution is 6.30. The van der Waals surface area contributed by atoms with Crippen LogP contribution in [0, 0.1) is 11.2 Å². The van der Waals surface area contributed by atoms with Crippen LogP contribution in [0.2, 0.25) is 5.02 Å². The smallest absolute Gasteiger partial charge is 0.272 e. The minimum absolute atomic E-state index is 0.0938. The molecule has 0 saturated carbocycles. The number of nitrogens with one attached hydrogen (secondary N) is 1. The lowest BCUT2D eigenvalue weighted by molar-refractivity contribution is -0.137. The molecule has 1 fully saturated rings. The molecule has 2 unspecified atom stereocenters. The van der Waals surface area contributed by atoms with Crippen molar-refractivity contribution in [3.05, 3.63) is 46.0 Å². The number of ether oxygens (including phenoxy) is 1. The summed E-state index contributed by atoms with van der Waals surface area (Å²) in [5.41, 5.74) is 0.897. The van der Waals surface area contributed by atoms with E-state index in [0.29, 0.717) is 35.9 Å². The maximum atomic E-state index is 14.6. The molecule has 2 N–H and O–H groups in total. The lowest BCUT2D eigenvalue weighted by atomic mass is 9.85. The van der Waals surface area contributed by atoms with E-state index >= 15 is 0 Å². The zero-order valence-corrected chi connectivity index (χ0v) is 20.4. The summed E-state index contributed by atoms with van der Waals surface area (Å²) in [6.45, 7) is 6.63. The number of aliphatic hydroxyl groups excluding tert-OH is 1. The van der Waals surface area contributed by atoms with Gasteiger partial charge in [-0.1, -0.05) is 32.4 Å². The molecular weight excluding hydrogens is 463 g/mol. The number of benzene rings is 1. The molecule has 2 aliphatic heterocycles. The van der Waals surface area contributed by atoms with Gasteiger partial charge in [0.05, 0.1) is 31.6 Å². The van der Waals surface area contributed by atoms with Crippen LogP contribution in [-0.2, 0) is 22.6 Å². The van der Waals surface area contributed by atoms with Crippen molar-refractivity contribution in [3.8, 4) is 5.69 Å². The van der Waals surface area contributed by atoms with Crippen LogP contribution in [0.4, 0.5) is 4.39 Å². The first-order valence-electron chi connectivity index (χ1n) is 11.5. The van der Waals surface area contributed by atoms with Gasteiger partial charge >= 0.3 is 0 Å². The van der Waals surface area contributed by atoms with Crippen molar-refractivity contribution in [1.29, 1.82) is 0 Å². The van der Waals surface area contributed by atoms with Crippen LogP contribution in [-0.4, -0.2) is 63.4 Å². The third-order valence-electron chi connectivity index (χ3n) is 6.43. The molecule has 1 saturated heterocycles. The molecule has 3 heterocycles. The lowest BCUT2D eigenvalue weighted by Crippen LogP contribution is -2.56. The van der Waals surface area contributed by atoms with Crippen molar-refractivity contribution in [3.63, 3.8) is 0 Å². The Kier molecular flexibility index (Phi) is 6.98. The van der Waals surface area contributed by atoms with Gasteiger partial charge in [-0.3, -0.25) is 9.59 Å². The van der Waals surface area contributed by atoms with E-state index in [9.17, 15) is 19.1 Å². The van der Waals surface area contributed by atoms with Crippen LogP contribution in [0.15, 0.2) is 18.2 Å². The van der Waals surface area contributed by atoms with E-state index in [0.717, 1.165) is 12.8 Å². The molecule has 8 nitrogen and oxygen atoms in total. The normalized spacial score (nSPS) is 19.1. The van der Waals surface area contributed by atoms with Gasteiger partial charge in [-0.15, -0.1) is 0 Å². The van der Waals surface area contributed by atoms with E-state index in [2.05, 4.69) is 10.4 Å². The molecule has 0 spiro atoms. The maximum absolute atomic E-state index is 14.6. The van der Waals surface area contributed by atoms with Crippen molar-refractivity contribution >= 4 is 23.4 Å². The van der Waals surface area contributed by atoms with Crippen LogP contribution in [0.25, 0.3) is 5.69 Å². The average Bonchev–Trinajstić information content (AvgIpc) is 3.42. The van der Waals surface area contributed by atoms with Crippen LogP contribution in [0.3, 0.4) is 0 Å². The van der Waals surface area contributed by atoms with Gasteiger partial charge in [0.2, 0.25) is 5.91 Å². The monoisotopic (exact) mass is 492 g/mol. The Bertz CT molecular complexity index is 1100. The summed E-state index contributed by atoms with van der Waals surface area (Å²) in [6, 6.07) is 3.09. The van der Waals surface area contributed by atoms with Gasteiger partial charge in [-0.05, 0) is 36.5 Å². The fourth-order valence-electron chi connectivity index (χ4n) is 4.60. The van der Waals surface area contributed by atoms with E-state index in [1.54, 1.807) is 4.90 Å². The molecule has 10 heteroatoms. The maximum Gasteiger partial charge on any atom is 0.272 e. The predicted molar refractivity (Wildman–Crippen MR) is 124 cm³/mol. The molecule has 34 heavy (non-hydrogen) atoms. The van der Waals surface area contributed by atoms with Gasteiger partial charge in [0.15, 0.2) is 5.69 Å². The molecule has 184 valence electrons. The average molecular weight is 493 g/mol. The molecule has 2 aliphatic rings. The van der Waals surface area contributed by atoms with Crippen LogP contribution >= 0.6 is 11.6 Å². The molecule has 2 amide bonds. The number of halogens is 2. The minimum atomic E-state index is -0.833. The number of hydrogen-bond donors (Lipinski definition) is 2. The molecule has 0 bridgehead atoms. The number of carbonyl (C=O) groups is 2. The quantitative estimate of drug-likeness (QED) is 0.669. The van der Waals surface area contributed by atoms with Gasteiger partial charge < -0.3 is 20.1 Å². The van der Waals surface area contributed by atoms with Crippen molar-refractivity contribution in [1.82, 2.24) is 20.0 Å². The van der Waals surface area contributed by atoms with Crippen LogP contribution in [0.1, 0.15) is 55.4 Å². The van der Waals surface area contributed by atoms with Crippen molar-refractivity contribution < 1.29 is 23.8 Å². The highest BCUT2D eigenvalue weighted by Gasteiger charge is 2.40. The number of aromatic nitrogens is 2. The summed E-state index contributed by atoms with van der Waals surface area (Å²) in [5, 5.41) is 17.3. The van der Waals surface area contributed by atoms with Gasteiger partial charge in [-0.2, -0.15) is 5.10 Å². The summed E-state index contributed by atoms with van der Waals surface area (Å²) in [6.07, 6.45) is 1.99. The van der Waals surface area contributed by atoms with E-state index in [-0.39, 0.29) is 36.5 Å². The Morgan fingerprint density at radius 1 is 1.38 bits per heavy atom. The first-order valence-corrected chi connectivity index (χ1v) is 11.9. The Morgan fingerprint density at radius 3 is 2.85 bits per heavy atom. The molecular formula is C24H30ClFN4O4. The van der Waals surface area contributed by atoms with E-state index in [4.69, 9.17) is 16.3 Å². The Labute approximate surface area is 203 Å². The number of fused-ring (bicyclic) bond motifs is 1. The fraction of sp³-hybridized carbons (Fsp3) is 0.542. The zero-order chi connectivity index (χ0) is 24.6.